The molecule has 0 spiro atoms. The summed E-state index contributed by atoms with van der Waals surface area (Å²) in [5.74, 6) is 0.789. The average Bonchev–Trinajstić information content (AvgIpc) is 2.76. The molecule has 0 aliphatic rings. The molecule has 2 N–H and O–H groups in total. The smallest absolute Gasteiger partial charge is 0.148 e. The van der Waals surface area contributed by atoms with Gasteiger partial charge in [0.05, 0.1) is 18.4 Å². The van der Waals surface area contributed by atoms with Crippen LogP contribution in [0.1, 0.15) is 0 Å². The highest BCUT2D eigenvalue weighted by molar-refractivity contribution is 5.69. The van der Waals surface area contributed by atoms with Gasteiger partial charge in [-0.2, -0.15) is 5.10 Å². The zero-order valence-electron chi connectivity index (χ0n) is 9.04. The molecule has 0 saturated heterocycles. The number of ether oxygens (including phenoxy) is 1. The molecule has 0 saturated carbocycles. The van der Waals surface area contributed by atoms with Crippen molar-refractivity contribution in [1.82, 2.24) is 10.2 Å². The number of aromatic nitrogens is 2. The van der Waals surface area contributed by atoms with Gasteiger partial charge >= 0.3 is 0 Å². The molecule has 2 aromatic rings. The van der Waals surface area contributed by atoms with E-state index < -0.39 is 0 Å². The van der Waals surface area contributed by atoms with Gasteiger partial charge in [0.1, 0.15) is 17.4 Å². The Morgan fingerprint density at radius 2 is 2.25 bits per heavy atom. The van der Waals surface area contributed by atoms with Gasteiger partial charge < -0.3 is 10.1 Å². The van der Waals surface area contributed by atoms with E-state index in [9.17, 15) is 4.39 Å². The van der Waals surface area contributed by atoms with Crippen LogP contribution in [-0.4, -0.2) is 24.4 Å². The molecule has 0 bridgehead atoms. The fourth-order valence-electron chi connectivity index (χ4n) is 1.51. The van der Waals surface area contributed by atoms with Crippen molar-refractivity contribution in [2.24, 2.45) is 0 Å². The molecule has 1 aromatic heterocycles. The van der Waals surface area contributed by atoms with Crippen LogP contribution in [0, 0.1) is 5.82 Å². The standard InChI is InChI=1S/C11H12FN3O/c1-13-10-6-8(14-15-10)11-7(12)4-3-5-9(11)16-2/h3-6H,1-2H3,(H2,13,14,15). The van der Waals surface area contributed by atoms with Crippen molar-refractivity contribution in [2.75, 3.05) is 19.5 Å². The molecule has 4 nitrogen and oxygen atoms in total. The van der Waals surface area contributed by atoms with E-state index in [0.717, 1.165) is 0 Å². The van der Waals surface area contributed by atoms with Gasteiger partial charge in [0.15, 0.2) is 0 Å². The van der Waals surface area contributed by atoms with E-state index in [1.165, 1.54) is 13.2 Å². The van der Waals surface area contributed by atoms with Crippen LogP contribution >= 0.6 is 0 Å². The van der Waals surface area contributed by atoms with Gasteiger partial charge in [-0.3, -0.25) is 5.10 Å². The third-order valence-corrected chi connectivity index (χ3v) is 2.30. The van der Waals surface area contributed by atoms with Crippen LogP contribution in [0.3, 0.4) is 0 Å². The number of hydrogen-bond acceptors (Lipinski definition) is 3. The number of anilines is 1. The first kappa shape index (κ1) is 10.5. The summed E-state index contributed by atoms with van der Waals surface area (Å²) in [5.41, 5.74) is 0.971. The molecule has 0 aliphatic heterocycles. The zero-order valence-corrected chi connectivity index (χ0v) is 9.04. The van der Waals surface area contributed by atoms with E-state index in [2.05, 4.69) is 15.5 Å². The molecule has 1 heterocycles. The second kappa shape index (κ2) is 4.22. The van der Waals surface area contributed by atoms with Gasteiger partial charge in [-0.1, -0.05) is 6.07 Å². The van der Waals surface area contributed by atoms with E-state index in [4.69, 9.17) is 4.74 Å². The minimum atomic E-state index is -0.342. The number of halogens is 1. The number of hydrogen-bond donors (Lipinski definition) is 2. The molecular weight excluding hydrogens is 209 g/mol. The number of nitrogens with one attached hydrogen (secondary N) is 2. The van der Waals surface area contributed by atoms with Gasteiger partial charge in [-0.05, 0) is 12.1 Å². The molecule has 16 heavy (non-hydrogen) atoms. The Bertz CT molecular complexity index is 496. The highest BCUT2D eigenvalue weighted by Gasteiger charge is 2.13. The monoisotopic (exact) mass is 221 g/mol. The molecule has 0 aliphatic carbocycles. The van der Waals surface area contributed by atoms with Crippen LogP contribution < -0.4 is 10.1 Å². The Kier molecular flexibility index (Phi) is 2.76. The lowest BCUT2D eigenvalue weighted by Gasteiger charge is -2.06. The van der Waals surface area contributed by atoms with Crippen molar-refractivity contribution in [3.05, 3.63) is 30.1 Å². The number of H-pyrrole nitrogens is 1. The minimum Gasteiger partial charge on any atom is -0.496 e. The van der Waals surface area contributed by atoms with E-state index in [1.54, 1.807) is 25.2 Å². The van der Waals surface area contributed by atoms with Crippen LogP contribution in [0.5, 0.6) is 5.75 Å². The summed E-state index contributed by atoms with van der Waals surface area (Å²) in [4.78, 5) is 0. The van der Waals surface area contributed by atoms with Crippen molar-refractivity contribution in [3.8, 4) is 17.0 Å². The second-order valence-corrected chi connectivity index (χ2v) is 3.23. The number of rotatable bonds is 3. The summed E-state index contributed by atoms with van der Waals surface area (Å²) in [6.45, 7) is 0. The van der Waals surface area contributed by atoms with Crippen molar-refractivity contribution >= 4 is 5.82 Å². The second-order valence-electron chi connectivity index (χ2n) is 3.23. The lowest BCUT2D eigenvalue weighted by Crippen LogP contribution is -1.91. The van der Waals surface area contributed by atoms with Crippen molar-refractivity contribution < 1.29 is 9.13 Å². The van der Waals surface area contributed by atoms with Gasteiger partial charge in [-0.15, -0.1) is 0 Å². The Morgan fingerprint density at radius 3 is 2.88 bits per heavy atom. The van der Waals surface area contributed by atoms with Crippen LogP contribution in [0.25, 0.3) is 11.3 Å². The SMILES string of the molecule is CNc1cc(-c2c(F)cccc2OC)[nH]n1. The summed E-state index contributed by atoms with van der Waals surface area (Å²) >= 11 is 0. The summed E-state index contributed by atoms with van der Waals surface area (Å²) in [6, 6.07) is 6.42. The quantitative estimate of drug-likeness (QED) is 0.835. The lowest BCUT2D eigenvalue weighted by atomic mass is 10.1. The Morgan fingerprint density at radius 1 is 1.44 bits per heavy atom. The summed E-state index contributed by atoms with van der Waals surface area (Å²) < 4.78 is 18.8. The third kappa shape index (κ3) is 1.71. The average molecular weight is 221 g/mol. The molecule has 0 unspecified atom stereocenters. The highest BCUT2D eigenvalue weighted by Crippen LogP contribution is 2.31. The van der Waals surface area contributed by atoms with E-state index >= 15 is 0 Å². The molecular formula is C11H12FN3O. The minimum absolute atomic E-state index is 0.342. The van der Waals surface area contributed by atoms with Gasteiger partial charge in [0.2, 0.25) is 0 Å². The maximum Gasteiger partial charge on any atom is 0.148 e. The molecule has 84 valence electrons. The first-order chi connectivity index (χ1) is 7.76. The summed E-state index contributed by atoms with van der Waals surface area (Å²) in [6.07, 6.45) is 0. The van der Waals surface area contributed by atoms with Crippen LogP contribution in [0.15, 0.2) is 24.3 Å². The largest absolute Gasteiger partial charge is 0.496 e. The van der Waals surface area contributed by atoms with Crippen molar-refractivity contribution in [1.29, 1.82) is 0 Å². The zero-order chi connectivity index (χ0) is 11.5. The highest BCUT2D eigenvalue weighted by atomic mass is 19.1. The van der Waals surface area contributed by atoms with Crippen molar-refractivity contribution in [2.45, 2.75) is 0 Å². The van der Waals surface area contributed by atoms with Gasteiger partial charge in [0.25, 0.3) is 0 Å². The molecule has 2 rings (SSSR count). The number of aromatic amines is 1. The lowest BCUT2D eigenvalue weighted by molar-refractivity contribution is 0.413. The fraction of sp³-hybridized carbons (Fsp3) is 0.182. The van der Waals surface area contributed by atoms with E-state index in [1.807, 2.05) is 0 Å². The maximum absolute atomic E-state index is 13.7. The Hall–Kier alpha value is -2.04. The molecule has 0 amide bonds. The fourth-order valence-corrected chi connectivity index (χ4v) is 1.51. The number of methoxy groups -OCH3 is 1. The summed E-state index contributed by atoms with van der Waals surface area (Å²) in [7, 11) is 3.26. The summed E-state index contributed by atoms with van der Waals surface area (Å²) in [5, 5.41) is 9.59. The predicted octanol–water partition coefficient (Wildman–Crippen LogP) is 2.27. The predicted molar refractivity (Wildman–Crippen MR) is 60.1 cm³/mol. The molecule has 0 fully saturated rings. The molecule has 5 heteroatoms. The van der Waals surface area contributed by atoms with Gasteiger partial charge in [0, 0.05) is 13.1 Å². The van der Waals surface area contributed by atoms with Crippen molar-refractivity contribution in [3.63, 3.8) is 0 Å². The first-order valence-electron chi connectivity index (χ1n) is 4.82. The van der Waals surface area contributed by atoms with Crippen LogP contribution in [0.4, 0.5) is 10.2 Å². The normalized spacial score (nSPS) is 10.2. The molecule has 0 atom stereocenters. The number of nitrogens with zero attached hydrogens (tertiary/aromatic N) is 1. The number of benzene rings is 1. The topological polar surface area (TPSA) is 49.9 Å². The Labute approximate surface area is 92.4 Å². The maximum atomic E-state index is 13.7. The van der Waals surface area contributed by atoms with Crippen LogP contribution in [0.2, 0.25) is 0 Å². The Balaban J connectivity index is 2.53. The van der Waals surface area contributed by atoms with Gasteiger partial charge in [-0.25, -0.2) is 4.39 Å². The van der Waals surface area contributed by atoms with E-state index in [0.29, 0.717) is 22.8 Å². The first-order valence-corrected chi connectivity index (χ1v) is 4.82. The van der Waals surface area contributed by atoms with Crippen LogP contribution in [-0.2, 0) is 0 Å². The third-order valence-electron chi connectivity index (χ3n) is 2.30. The molecule has 0 radical (unpaired) electrons. The van der Waals surface area contributed by atoms with E-state index in [-0.39, 0.29) is 5.82 Å². The molecule has 1 aromatic carbocycles.